The highest BCUT2D eigenvalue weighted by Crippen LogP contribution is 2.28. The molecule has 0 aliphatic rings. The van der Waals surface area contributed by atoms with E-state index in [-0.39, 0.29) is 5.82 Å². The first-order valence-electron chi connectivity index (χ1n) is 9.02. The highest BCUT2D eigenvalue weighted by Gasteiger charge is 2.12. The number of hydrogen-bond acceptors (Lipinski definition) is 6. The molecule has 2 aromatic heterocycles. The number of hydrogen-bond donors (Lipinski definition) is 1. The normalized spacial score (nSPS) is 10.9. The molecule has 0 aliphatic carbocycles. The van der Waals surface area contributed by atoms with Gasteiger partial charge in [0.05, 0.1) is 14.2 Å². The van der Waals surface area contributed by atoms with Crippen LogP contribution in [0.3, 0.4) is 0 Å². The van der Waals surface area contributed by atoms with Gasteiger partial charge in [0, 0.05) is 42.1 Å². The van der Waals surface area contributed by atoms with Crippen LogP contribution in [0.15, 0.2) is 48.5 Å². The minimum absolute atomic E-state index is 0.283. The molecule has 0 spiro atoms. The number of nitrogens with one attached hydrogen (secondary N) is 1. The minimum atomic E-state index is -0.283. The van der Waals surface area contributed by atoms with Gasteiger partial charge in [-0.15, -0.1) is 5.10 Å². The predicted molar refractivity (Wildman–Crippen MR) is 108 cm³/mol. The molecule has 0 aliphatic heterocycles. The van der Waals surface area contributed by atoms with E-state index in [1.165, 1.54) is 12.1 Å². The number of fused-ring (bicyclic) bond motifs is 1. The molecule has 29 heavy (non-hydrogen) atoms. The summed E-state index contributed by atoms with van der Waals surface area (Å²) in [5, 5.41) is 7.88. The van der Waals surface area contributed by atoms with Gasteiger partial charge in [-0.1, -0.05) is 12.1 Å². The zero-order valence-electron chi connectivity index (χ0n) is 16.3. The number of rotatable bonds is 6. The maximum Gasteiger partial charge on any atom is 0.254 e. The summed E-state index contributed by atoms with van der Waals surface area (Å²) in [5.41, 5.74) is 2.36. The number of halogens is 1. The SMILES string of the molecule is COc1cc(Nc2cc(C)nc3nc(Cc4cccc(F)c4)nn23)cc(OC)c1. The topological polar surface area (TPSA) is 73.6 Å². The second-order valence-electron chi connectivity index (χ2n) is 6.56. The summed E-state index contributed by atoms with van der Waals surface area (Å²) in [7, 11) is 3.20. The number of benzene rings is 2. The fourth-order valence-electron chi connectivity index (χ4n) is 3.05. The molecule has 0 unspecified atom stereocenters. The van der Waals surface area contributed by atoms with Gasteiger partial charge in [-0.2, -0.15) is 9.50 Å². The van der Waals surface area contributed by atoms with Crippen molar-refractivity contribution in [1.82, 2.24) is 19.6 Å². The Morgan fingerprint density at radius 2 is 1.76 bits per heavy atom. The van der Waals surface area contributed by atoms with E-state index in [9.17, 15) is 4.39 Å². The van der Waals surface area contributed by atoms with Crippen molar-refractivity contribution in [3.8, 4) is 11.5 Å². The zero-order valence-corrected chi connectivity index (χ0v) is 16.3. The van der Waals surface area contributed by atoms with Gasteiger partial charge in [0.25, 0.3) is 5.78 Å². The van der Waals surface area contributed by atoms with Crippen LogP contribution in [0, 0.1) is 12.7 Å². The molecule has 0 saturated heterocycles. The van der Waals surface area contributed by atoms with Gasteiger partial charge in [0.2, 0.25) is 0 Å². The molecular weight excluding hydrogens is 373 g/mol. The molecule has 8 heteroatoms. The summed E-state index contributed by atoms with van der Waals surface area (Å²) >= 11 is 0. The van der Waals surface area contributed by atoms with E-state index in [2.05, 4.69) is 20.4 Å². The minimum Gasteiger partial charge on any atom is -0.497 e. The summed E-state index contributed by atoms with van der Waals surface area (Å²) in [5.74, 6) is 2.77. The number of methoxy groups -OCH3 is 2. The number of ether oxygens (including phenoxy) is 2. The van der Waals surface area contributed by atoms with Crippen LogP contribution < -0.4 is 14.8 Å². The fourth-order valence-corrected chi connectivity index (χ4v) is 3.05. The maximum atomic E-state index is 13.5. The second-order valence-corrected chi connectivity index (χ2v) is 6.56. The first-order chi connectivity index (χ1) is 14.0. The monoisotopic (exact) mass is 393 g/mol. The molecule has 0 saturated carbocycles. The third-order valence-electron chi connectivity index (χ3n) is 4.36. The van der Waals surface area contributed by atoms with Crippen LogP contribution in [-0.2, 0) is 6.42 Å². The average molecular weight is 393 g/mol. The number of aromatic nitrogens is 4. The lowest BCUT2D eigenvalue weighted by molar-refractivity contribution is 0.395. The molecule has 0 amide bonds. The van der Waals surface area contributed by atoms with Gasteiger partial charge >= 0.3 is 0 Å². The van der Waals surface area contributed by atoms with Crippen molar-refractivity contribution < 1.29 is 13.9 Å². The van der Waals surface area contributed by atoms with Crippen LogP contribution in [-0.4, -0.2) is 33.8 Å². The number of nitrogens with zero attached hydrogens (tertiary/aromatic N) is 4. The molecule has 148 valence electrons. The van der Waals surface area contributed by atoms with E-state index in [4.69, 9.17) is 9.47 Å². The average Bonchev–Trinajstić information content (AvgIpc) is 3.10. The first kappa shape index (κ1) is 18.7. The van der Waals surface area contributed by atoms with E-state index in [0.717, 1.165) is 16.9 Å². The van der Waals surface area contributed by atoms with Crippen molar-refractivity contribution in [2.24, 2.45) is 0 Å². The summed E-state index contributed by atoms with van der Waals surface area (Å²) < 4.78 is 25.8. The van der Waals surface area contributed by atoms with E-state index in [0.29, 0.717) is 35.3 Å². The van der Waals surface area contributed by atoms with Gasteiger partial charge < -0.3 is 14.8 Å². The molecule has 7 nitrogen and oxygen atoms in total. The Kier molecular flexibility index (Phi) is 4.99. The van der Waals surface area contributed by atoms with Crippen molar-refractivity contribution in [3.63, 3.8) is 0 Å². The quantitative estimate of drug-likeness (QED) is 0.535. The van der Waals surface area contributed by atoms with Crippen LogP contribution >= 0.6 is 0 Å². The van der Waals surface area contributed by atoms with E-state index >= 15 is 0 Å². The molecular formula is C21H20FN5O2. The second kappa shape index (κ2) is 7.75. The van der Waals surface area contributed by atoms with Crippen molar-refractivity contribution >= 4 is 17.3 Å². The molecule has 4 aromatic rings. The Hall–Kier alpha value is -3.68. The van der Waals surface area contributed by atoms with Crippen LogP contribution in [0.4, 0.5) is 15.9 Å². The number of aryl methyl sites for hydroxylation is 1. The molecule has 4 rings (SSSR count). The lowest BCUT2D eigenvalue weighted by Crippen LogP contribution is -2.03. The van der Waals surface area contributed by atoms with E-state index in [1.54, 1.807) is 30.9 Å². The predicted octanol–water partition coefficient (Wildman–Crippen LogP) is 3.92. The van der Waals surface area contributed by atoms with E-state index in [1.807, 2.05) is 31.2 Å². The van der Waals surface area contributed by atoms with Gasteiger partial charge in [0.1, 0.15) is 23.1 Å². The van der Waals surface area contributed by atoms with Crippen LogP contribution in [0.2, 0.25) is 0 Å². The molecule has 2 heterocycles. The smallest absolute Gasteiger partial charge is 0.254 e. The third kappa shape index (κ3) is 4.11. The third-order valence-corrected chi connectivity index (χ3v) is 4.36. The van der Waals surface area contributed by atoms with Gasteiger partial charge in [-0.25, -0.2) is 9.37 Å². The first-order valence-corrected chi connectivity index (χ1v) is 9.02. The highest BCUT2D eigenvalue weighted by molar-refractivity contribution is 5.63. The Bertz CT molecular complexity index is 1150. The highest BCUT2D eigenvalue weighted by atomic mass is 19.1. The van der Waals surface area contributed by atoms with Gasteiger partial charge in [-0.05, 0) is 24.6 Å². The van der Waals surface area contributed by atoms with E-state index < -0.39 is 0 Å². The Morgan fingerprint density at radius 1 is 1.00 bits per heavy atom. The lowest BCUT2D eigenvalue weighted by atomic mass is 10.1. The maximum absolute atomic E-state index is 13.5. The van der Waals surface area contributed by atoms with Crippen LogP contribution in [0.1, 0.15) is 17.1 Å². The molecule has 0 radical (unpaired) electrons. The van der Waals surface area contributed by atoms with Crippen LogP contribution in [0.25, 0.3) is 5.78 Å². The lowest BCUT2D eigenvalue weighted by Gasteiger charge is -2.11. The number of anilines is 2. The summed E-state index contributed by atoms with van der Waals surface area (Å²) in [6.07, 6.45) is 0.409. The molecule has 1 N–H and O–H groups in total. The largest absolute Gasteiger partial charge is 0.497 e. The molecule has 0 fully saturated rings. The summed E-state index contributed by atoms with van der Waals surface area (Å²) in [4.78, 5) is 8.95. The summed E-state index contributed by atoms with van der Waals surface area (Å²) in [6.45, 7) is 1.89. The van der Waals surface area contributed by atoms with Gasteiger partial charge in [0.15, 0.2) is 5.82 Å². The Morgan fingerprint density at radius 3 is 2.45 bits per heavy atom. The molecule has 2 aromatic carbocycles. The fraction of sp³-hybridized carbons (Fsp3) is 0.190. The van der Waals surface area contributed by atoms with Crippen molar-refractivity contribution in [2.45, 2.75) is 13.3 Å². The Labute approximate surface area is 167 Å². The van der Waals surface area contributed by atoms with Crippen molar-refractivity contribution in [3.05, 3.63) is 71.4 Å². The van der Waals surface area contributed by atoms with Gasteiger partial charge in [-0.3, -0.25) is 0 Å². The van der Waals surface area contributed by atoms with Crippen molar-refractivity contribution in [2.75, 3.05) is 19.5 Å². The Balaban J connectivity index is 1.70. The zero-order chi connectivity index (χ0) is 20.4. The van der Waals surface area contributed by atoms with Crippen LogP contribution in [0.5, 0.6) is 11.5 Å². The standard InChI is InChI=1S/C21H20FN5O2/c1-13-7-20(24-16-10-17(28-2)12-18(11-16)29-3)27-21(23-13)25-19(26-27)9-14-5-4-6-15(22)8-14/h4-8,10-12,24H,9H2,1-3H3. The molecule has 0 atom stereocenters. The van der Waals surface area contributed by atoms with Crippen molar-refractivity contribution in [1.29, 1.82) is 0 Å². The molecule has 0 bridgehead atoms. The summed E-state index contributed by atoms with van der Waals surface area (Å²) in [6, 6.07) is 13.8.